The molecule has 0 aliphatic carbocycles. The van der Waals surface area contributed by atoms with Gasteiger partial charge in [-0.2, -0.15) is 0 Å². The van der Waals surface area contributed by atoms with Crippen molar-refractivity contribution in [1.82, 2.24) is 14.8 Å². The number of nitrogens with zero attached hydrogens (tertiary/aromatic N) is 3. The Morgan fingerprint density at radius 3 is 2.18 bits per heavy atom. The maximum atomic E-state index is 13.0. The van der Waals surface area contributed by atoms with Crippen molar-refractivity contribution >= 4 is 46.1 Å². The van der Waals surface area contributed by atoms with Gasteiger partial charge in [0.2, 0.25) is 0 Å². The molecule has 3 aromatic rings. The summed E-state index contributed by atoms with van der Waals surface area (Å²) in [5, 5.41) is 0.815. The number of amides is 2. The summed E-state index contributed by atoms with van der Waals surface area (Å²) in [5.41, 5.74) is 1.41. The topological polar surface area (TPSA) is 53.5 Å². The van der Waals surface area contributed by atoms with E-state index in [0.717, 1.165) is 15.6 Å². The van der Waals surface area contributed by atoms with Gasteiger partial charge < -0.3 is 9.80 Å². The number of benzene rings is 1. The fourth-order valence-corrected chi connectivity index (χ4v) is 5.28. The van der Waals surface area contributed by atoms with Crippen LogP contribution in [0.3, 0.4) is 0 Å². The SMILES string of the molecule is Cc1nc(-c2ccc(Cl)s2)sc1C(=O)N1CCN(C(=O)c2ccccc2)CC1. The molecule has 5 nitrogen and oxygen atoms in total. The van der Waals surface area contributed by atoms with Crippen molar-refractivity contribution in [3.05, 3.63) is 62.9 Å². The minimum absolute atomic E-state index is 0.0125. The Kier molecular flexibility index (Phi) is 5.48. The lowest BCUT2D eigenvalue weighted by molar-refractivity contribution is 0.0537. The standard InChI is InChI=1S/C20H18ClN3O2S2/c1-13-17(28-18(22-13)15-7-8-16(21)27-15)20(26)24-11-9-23(10-12-24)19(25)14-5-3-2-4-6-14/h2-8H,9-12H2,1H3. The summed E-state index contributed by atoms with van der Waals surface area (Å²) >= 11 is 8.87. The van der Waals surface area contributed by atoms with Crippen molar-refractivity contribution in [2.45, 2.75) is 6.92 Å². The largest absolute Gasteiger partial charge is 0.335 e. The van der Waals surface area contributed by atoms with Crippen LogP contribution in [-0.4, -0.2) is 52.8 Å². The molecule has 0 radical (unpaired) electrons. The number of thiophene rings is 1. The Hall–Kier alpha value is -2.22. The quantitative estimate of drug-likeness (QED) is 0.616. The molecule has 1 aliphatic rings. The number of aryl methyl sites for hydroxylation is 1. The molecule has 0 bridgehead atoms. The second-order valence-corrected chi connectivity index (χ2v) is 9.20. The van der Waals surface area contributed by atoms with Crippen LogP contribution < -0.4 is 0 Å². The monoisotopic (exact) mass is 431 g/mol. The van der Waals surface area contributed by atoms with Crippen LogP contribution in [0.25, 0.3) is 9.88 Å². The summed E-state index contributed by atoms with van der Waals surface area (Å²) in [6, 6.07) is 13.0. The highest BCUT2D eigenvalue weighted by Crippen LogP contribution is 2.35. The van der Waals surface area contributed by atoms with Gasteiger partial charge in [0.1, 0.15) is 9.88 Å². The third kappa shape index (κ3) is 3.83. The van der Waals surface area contributed by atoms with Crippen LogP contribution >= 0.6 is 34.3 Å². The van der Waals surface area contributed by atoms with Crippen molar-refractivity contribution in [2.75, 3.05) is 26.2 Å². The zero-order valence-electron chi connectivity index (χ0n) is 15.2. The zero-order chi connectivity index (χ0) is 19.7. The Morgan fingerprint density at radius 2 is 1.57 bits per heavy atom. The van der Waals surface area contributed by atoms with Gasteiger partial charge in [-0.25, -0.2) is 4.98 Å². The van der Waals surface area contributed by atoms with E-state index in [1.165, 1.54) is 22.7 Å². The van der Waals surface area contributed by atoms with Crippen LogP contribution in [0.15, 0.2) is 42.5 Å². The zero-order valence-corrected chi connectivity index (χ0v) is 17.6. The van der Waals surface area contributed by atoms with Crippen LogP contribution in [0.5, 0.6) is 0 Å². The third-order valence-corrected chi connectivity index (χ3v) is 7.20. The van der Waals surface area contributed by atoms with Crippen molar-refractivity contribution in [3.8, 4) is 9.88 Å². The number of hydrogen-bond donors (Lipinski definition) is 0. The Labute approximate surface area is 176 Å². The summed E-state index contributed by atoms with van der Waals surface area (Å²) < 4.78 is 0.704. The highest BCUT2D eigenvalue weighted by atomic mass is 35.5. The molecule has 1 aliphatic heterocycles. The van der Waals surface area contributed by atoms with E-state index in [1.54, 1.807) is 9.80 Å². The van der Waals surface area contributed by atoms with Gasteiger partial charge in [-0.3, -0.25) is 9.59 Å². The number of thiazole rings is 1. The molecule has 28 heavy (non-hydrogen) atoms. The second kappa shape index (κ2) is 8.03. The fraction of sp³-hybridized carbons (Fsp3) is 0.250. The first-order valence-corrected chi connectivity index (χ1v) is 10.9. The molecule has 2 amide bonds. The van der Waals surface area contributed by atoms with Gasteiger partial charge in [0, 0.05) is 31.7 Å². The molecule has 8 heteroatoms. The fourth-order valence-electron chi connectivity index (χ4n) is 3.15. The van der Waals surface area contributed by atoms with Gasteiger partial charge >= 0.3 is 0 Å². The molecule has 0 atom stereocenters. The maximum Gasteiger partial charge on any atom is 0.265 e. The Morgan fingerprint density at radius 1 is 0.929 bits per heavy atom. The molecule has 4 rings (SSSR count). The lowest BCUT2D eigenvalue weighted by Crippen LogP contribution is -2.50. The van der Waals surface area contributed by atoms with Crippen molar-refractivity contribution in [1.29, 1.82) is 0 Å². The van der Waals surface area contributed by atoms with E-state index in [0.29, 0.717) is 41.0 Å². The van der Waals surface area contributed by atoms with E-state index in [1.807, 2.05) is 49.4 Å². The van der Waals surface area contributed by atoms with E-state index in [9.17, 15) is 9.59 Å². The maximum absolute atomic E-state index is 13.0. The number of hydrogen-bond acceptors (Lipinski definition) is 5. The molecule has 1 aromatic carbocycles. The highest BCUT2D eigenvalue weighted by Gasteiger charge is 2.28. The van der Waals surface area contributed by atoms with E-state index in [-0.39, 0.29) is 11.8 Å². The summed E-state index contributed by atoms with van der Waals surface area (Å²) in [6.07, 6.45) is 0. The predicted molar refractivity (Wildman–Crippen MR) is 113 cm³/mol. The molecule has 0 unspecified atom stereocenters. The van der Waals surface area contributed by atoms with Gasteiger partial charge in [-0.1, -0.05) is 29.8 Å². The number of carbonyl (C=O) groups is 2. The molecule has 3 heterocycles. The van der Waals surface area contributed by atoms with E-state index >= 15 is 0 Å². The highest BCUT2D eigenvalue weighted by molar-refractivity contribution is 7.24. The van der Waals surface area contributed by atoms with Crippen molar-refractivity contribution in [3.63, 3.8) is 0 Å². The van der Waals surface area contributed by atoms with Gasteiger partial charge in [-0.15, -0.1) is 22.7 Å². The smallest absolute Gasteiger partial charge is 0.265 e. The number of aromatic nitrogens is 1. The number of halogens is 1. The first-order valence-electron chi connectivity index (χ1n) is 8.89. The Balaban J connectivity index is 1.43. The minimum atomic E-state index is -0.0179. The van der Waals surface area contributed by atoms with E-state index in [2.05, 4.69) is 4.98 Å². The van der Waals surface area contributed by atoms with Crippen LogP contribution in [0, 0.1) is 6.92 Å². The molecule has 2 aromatic heterocycles. The van der Waals surface area contributed by atoms with Gasteiger partial charge in [0.15, 0.2) is 0 Å². The molecule has 0 spiro atoms. The molecular formula is C20H18ClN3O2S2. The van der Waals surface area contributed by atoms with Crippen LogP contribution in [0.1, 0.15) is 25.7 Å². The molecule has 0 N–H and O–H groups in total. The van der Waals surface area contributed by atoms with Gasteiger partial charge in [-0.05, 0) is 31.2 Å². The normalized spacial score (nSPS) is 14.4. The first-order chi connectivity index (χ1) is 13.5. The number of carbonyl (C=O) groups excluding carboxylic acids is 2. The van der Waals surface area contributed by atoms with Crippen molar-refractivity contribution < 1.29 is 9.59 Å². The summed E-state index contributed by atoms with van der Waals surface area (Å²) in [4.78, 5) is 35.3. The number of piperazine rings is 1. The molecule has 1 fully saturated rings. The predicted octanol–water partition coefficient (Wildman–Crippen LogP) is 4.43. The van der Waals surface area contributed by atoms with Gasteiger partial charge in [0.05, 0.1) is 14.9 Å². The number of rotatable bonds is 3. The van der Waals surface area contributed by atoms with Crippen molar-refractivity contribution in [2.24, 2.45) is 0 Å². The average Bonchev–Trinajstić information content (AvgIpc) is 3.33. The summed E-state index contributed by atoms with van der Waals surface area (Å²) in [6.45, 7) is 3.97. The lowest BCUT2D eigenvalue weighted by atomic mass is 10.2. The van der Waals surface area contributed by atoms with Crippen LogP contribution in [-0.2, 0) is 0 Å². The van der Waals surface area contributed by atoms with Crippen LogP contribution in [0.2, 0.25) is 4.34 Å². The third-order valence-electron chi connectivity index (χ3n) is 4.65. The van der Waals surface area contributed by atoms with E-state index in [4.69, 9.17) is 11.6 Å². The molecule has 0 saturated carbocycles. The second-order valence-electron chi connectivity index (χ2n) is 6.49. The Bertz CT molecular complexity index is 1010. The summed E-state index contributed by atoms with van der Waals surface area (Å²) in [7, 11) is 0. The van der Waals surface area contributed by atoms with Crippen LogP contribution in [0.4, 0.5) is 0 Å². The summed E-state index contributed by atoms with van der Waals surface area (Å²) in [5.74, 6) is -0.00533. The first kappa shape index (κ1) is 19.1. The van der Waals surface area contributed by atoms with Gasteiger partial charge in [0.25, 0.3) is 11.8 Å². The lowest BCUT2D eigenvalue weighted by Gasteiger charge is -2.34. The average molecular weight is 432 g/mol. The molecular weight excluding hydrogens is 414 g/mol. The van der Waals surface area contributed by atoms with E-state index < -0.39 is 0 Å². The minimum Gasteiger partial charge on any atom is -0.335 e. The molecule has 144 valence electrons. The molecule has 1 saturated heterocycles.